The third-order valence-corrected chi connectivity index (χ3v) is 3.31. The Bertz CT molecular complexity index is 403. The van der Waals surface area contributed by atoms with Crippen LogP contribution in [0.2, 0.25) is 0 Å². The number of nitrogens with zero attached hydrogens (tertiary/aromatic N) is 1. The van der Waals surface area contributed by atoms with Gasteiger partial charge < -0.3 is 15.0 Å². The molecule has 3 nitrogen and oxygen atoms in total. The van der Waals surface area contributed by atoms with Crippen LogP contribution in [0.1, 0.15) is 25.3 Å². The van der Waals surface area contributed by atoms with Gasteiger partial charge in [-0.25, -0.2) is 0 Å². The molecule has 0 saturated heterocycles. The fourth-order valence-electron chi connectivity index (χ4n) is 2.32. The van der Waals surface area contributed by atoms with Gasteiger partial charge in [-0.3, -0.25) is 0 Å². The van der Waals surface area contributed by atoms with Crippen molar-refractivity contribution in [2.75, 3.05) is 7.11 Å². The third-order valence-electron chi connectivity index (χ3n) is 3.31. The highest BCUT2D eigenvalue weighted by atomic mass is 16.5. The molecule has 0 saturated carbocycles. The maximum atomic E-state index is 12.0. The minimum absolute atomic E-state index is 0.480. The van der Waals surface area contributed by atoms with Crippen LogP contribution in [0.15, 0.2) is 36.5 Å². The summed E-state index contributed by atoms with van der Waals surface area (Å²) in [6, 6.07) is 7.74. The molecule has 0 N–H and O–H groups in total. The molecule has 2 rings (SSSR count). The van der Waals surface area contributed by atoms with Gasteiger partial charge >= 0.3 is 0 Å². The molecule has 0 spiro atoms. The molecule has 1 aliphatic heterocycles. The summed E-state index contributed by atoms with van der Waals surface area (Å²) in [4.78, 5) is 0. The summed E-state index contributed by atoms with van der Waals surface area (Å²) >= 11 is 0. The van der Waals surface area contributed by atoms with Crippen LogP contribution in [0.3, 0.4) is 0 Å². The van der Waals surface area contributed by atoms with Gasteiger partial charge in [0.1, 0.15) is 5.75 Å². The average molecular weight is 218 g/mol. The van der Waals surface area contributed by atoms with E-state index in [1.165, 1.54) is 0 Å². The predicted molar refractivity (Wildman–Crippen MR) is 63.9 cm³/mol. The monoisotopic (exact) mass is 218 g/mol. The zero-order valence-electron chi connectivity index (χ0n) is 9.64. The highest BCUT2D eigenvalue weighted by Crippen LogP contribution is 2.43. The van der Waals surface area contributed by atoms with Crippen molar-refractivity contribution >= 4 is 0 Å². The van der Waals surface area contributed by atoms with Gasteiger partial charge in [-0.2, -0.15) is 0 Å². The second-order valence-electron chi connectivity index (χ2n) is 4.00. The first-order valence-corrected chi connectivity index (χ1v) is 5.51. The molecule has 1 unspecified atom stereocenters. The number of hydrogen-bond donors (Lipinski definition) is 0. The lowest BCUT2D eigenvalue weighted by molar-refractivity contribution is 0.214. The lowest BCUT2D eigenvalue weighted by Gasteiger charge is -2.44. The lowest BCUT2D eigenvalue weighted by Crippen LogP contribution is -2.35. The van der Waals surface area contributed by atoms with E-state index in [0.717, 1.165) is 29.2 Å². The SMILES string of the molecule is CCC1(c2ccccc2OC)CC=CN1[O-]. The number of benzene rings is 1. The van der Waals surface area contributed by atoms with E-state index in [9.17, 15) is 5.21 Å². The Balaban J connectivity index is 2.48. The molecule has 0 radical (unpaired) electrons. The van der Waals surface area contributed by atoms with Gasteiger partial charge in [-0.1, -0.05) is 31.2 Å². The summed E-state index contributed by atoms with van der Waals surface area (Å²) in [5.41, 5.74) is 0.493. The molecule has 86 valence electrons. The van der Waals surface area contributed by atoms with Crippen molar-refractivity contribution < 1.29 is 4.74 Å². The van der Waals surface area contributed by atoms with Crippen LogP contribution < -0.4 is 4.74 Å². The van der Waals surface area contributed by atoms with Crippen LogP contribution in [-0.2, 0) is 5.54 Å². The quantitative estimate of drug-likeness (QED) is 0.782. The molecule has 3 heteroatoms. The summed E-state index contributed by atoms with van der Waals surface area (Å²) in [6.07, 6.45) is 5.04. The highest BCUT2D eigenvalue weighted by Gasteiger charge is 2.35. The Morgan fingerprint density at radius 2 is 2.19 bits per heavy atom. The van der Waals surface area contributed by atoms with Crippen LogP contribution in [-0.4, -0.2) is 12.2 Å². The Morgan fingerprint density at radius 1 is 1.44 bits per heavy atom. The van der Waals surface area contributed by atoms with Crippen LogP contribution in [0.25, 0.3) is 0 Å². The highest BCUT2D eigenvalue weighted by molar-refractivity contribution is 5.41. The van der Waals surface area contributed by atoms with E-state index in [-0.39, 0.29) is 0 Å². The molecule has 16 heavy (non-hydrogen) atoms. The van der Waals surface area contributed by atoms with Crippen LogP contribution in [0, 0.1) is 5.21 Å². The van der Waals surface area contributed by atoms with Crippen molar-refractivity contribution in [2.24, 2.45) is 0 Å². The zero-order valence-corrected chi connectivity index (χ0v) is 9.64. The zero-order chi connectivity index (χ0) is 11.6. The largest absolute Gasteiger partial charge is 0.758 e. The Kier molecular flexibility index (Phi) is 2.88. The van der Waals surface area contributed by atoms with Gasteiger partial charge in [0.05, 0.1) is 12.6 Å². The summed E-state index contributed by atoms with van der Waals surface area (Å²) < 4.78 is 5.34. The number of para-hydroxylation sites is 1. The van der Waals surface area contributed by atoms with E-state index in [0.29, 0.717) is 0 Å². The summed E-state index contributed by atoms with van der Waals surface area (Å²) in [6.45, 7) is 2.03. The van der Waals surface area contributed by atoms with E-state index >= 15 is 0 Å². The van der Waals surface area contributed by atoms with E-state index in [1.807, 2.05) is 37.3 Å². The minimum Gasteiger partial charge on any atom is -0.758 e. The van der Waals surface area contributed by atoms with Gasteiger partial charge in [0, 0.05) is 5.56 Å². The van der Waals surface area contributed by atoms with Gasteiger partial charge in [0.15, 0.2) is 0 Å². The van der Waals surface area contributed by atoms with Gasteiger partial charge in [-0.05, 0) is 25.1 Å². The minimum atomic E-state index is -0.480. The lowest BCUT2D eigenvalue weighted by atomic mass is 9.85. The second kappa shape index (κ2) is 4.18. The summed E-state index contributed by atoms with van der Waals surface area (Å²) in [5.74, 6) is 0.786. The average Bonchev–Trinajstić information content (AvgIpc) is 2.71. The normalized spacial score (nSPS) is 23.8. The molecule has 0 bridgehead atoms. The molecule has 1 atom stereocenters. The van der Waals surface area contributed by atoms with Gasteiger partial charge in [0.2, 0.25) is 0 Å². The molecule has 1 aromatic rings. The smallest absolute Gasteiger partial charge is 0.124 e. The van der Waals surface area contributed by atoms with Crippen molar-refractivity contribution in [1.29, 1.82) is 0 Å². The van der Waals surface area contributed by atoms with E-state index in [2.05, 4.69) is 0 Å². The van der Waals surface area contributed by atoms with Gasteiger partial charge in [0.25, 0.3) is 0 Å². The predicted octanol–water partition coefficient (Wildman–Crippen LogP) is 3.02. The molecule has 0 amide bonds. The molecule has 1 aliphatic rings. The van der Waals surface area contributed by atoms with E-state index in [4.69, 9.17) is 4.74 Å². The number of rotatable bonds is 3. The molecule has 0 aromatic heterocycles. The van der Waals surface area contributed by atoms with E-state index in [1.54, 1.807) is 13.3 Å². The van der Waals surface area contributed by atoms with Crippen LogP contribution >= 0.6 is 0 Å². The van der Waals surface area contributed by atoms with Crippen molar-refractivity contribution in [3.05, 3.63) is 47.3 Å². The van der Waals surface area contributed by atoms with Gasteiger partial charge in [-0.15, -0.1) is 0 Å². The summed E-state index contributed by atoms with van der Waals surface area (Å²) in [7, 11) is 1.64. The van der Waals surface area contributed by atoms with Crippen LogP contribution in [0.4, 0.5) is 0 Å². The first kappa shape index (κ1) is 11.0. The molecule has 1 aromatic carbocycles. The number of methoxy groups -OCH3 is 1. The van der Waals surface area contributed by atoms with E-state index < -0.39 is 5.54 Å². The third kappa shape index (κ3) is 1.48. The maximum absolute atomic E-state index is 12.0. The maximum Gasteiger partial charge on any atom is 0.124 e. The number of hydroxylamine groups is 2. The first-order chi connectivity index (χ1) is 7.74. The van der Waals surface area contributed by atoms with Crippen molar-refractivity contribution in [1.82, 2.24) is 5.06 Å². The fourth-order valence-corrected chi connectivity index (χ4v) is 2.32. The molecule has 1 heterocycles. The first-order valence-electron chi connectivity index (χ1n) is 5.51. The second-order valence-corrected chi connectivity index (χ2v) is 4.00. The van der Waals surface area contributed by atoms with Crippen molar-refractivity contribution in [3.8, 4) is 5.75 Å². The Labute approximate surface area is 95.9 Å². The fraction of sp³-hybridized carbons (Fsp3) is 0.385. The van der Waals surface area contributed by atoms with Crippen LogP contribution in [0.5, 0.6) is 5.75 Å². The number of hydrogen-bond acceptors (Lipinski definition) is 3. The Hall–Kier alpha value is -1.48. The van der Waals surface area contributed by atoms with Crippen molar-refractivity contribution in [2.45, 2.75) is 25.3 Å². The standard InChI is InChI=1S/C13H16NO2/c1-3-13(9-6-10-14(13)15)11-7-4-5-8-12(11)16-2/h4-8,10H,3,9H2,1-2H3/q-1. The Morgan fingerprint density at radius 3 is 2.75 bits per heavy atom. The molecule has 0 fully saturated rings. The molecular weight excluding hydrogens is 202 g/mol. The van der Waals surface area contributed by atoms with Crippen molar-refractivity contribution in [3.63, 3.8) is 0 Å². The molecular formula is C13H16NO2-. The number of ether oxygens (including phenoxy) is 1. The summed E-state index contributed by atoms with van der Waals surface area (Å²) in [5, 5.41) is 13.0. The topological polar surface area (TPSA) is 35.5 Å². The molecule has 0 aliphatic carbocycles.